The predicted molar refractivity (Wildman–Crippen MR) is 81.3 cm³/mol. The molecule has 1 amide bonds. The van der Waals surface area contributed by atoms with E-state index in [0.29, 0.717) is 11.7 Å². The summed E-state index contributed by atoms with van der Waals surface area (Å²) in [7, 11) is 0. The molecule has 1 saturated carbocycles. The molecule has 1 fully saturated rings. The van der Waals surface area contributed by atoms with Gasteiger partial charge in [0.2, 0.25) is 5.91 Å². The van der Waals surface area contributed by atoms with Crippen molar-refractivity contribution in [3.8, 4) is 5.75 Å². The summed E-state index contributed by atoms with van der Waals surface area (Å²) in [5.74, 6) is 0.315. The zero-order valence-electron chi connectivity index (χ0n) is 11.7. The summed E-state index contributed by atoms with van der Waals surface area (Å²) < 4.78 is 5.95. The van der Waals surface area contributed by atoms with Crippen LogP contribution in [0, 0.1) is 0 Å². The second-order valence-electron chi connectivity index (χ2n) is 5.22. The van der Waals surface area contributed by atoms with E-state index >= 15 is 0 Å². The van der Waals surface area contributed by atoms with Crippen molar-refractivity contribution in [3.63, 3.8) is 0 Å². The molecule has 106 valence electrons. The molecule has 20 heavy (non-hydrogen) atoms. The number of carbonyl (C=O) groups is 1. The van der Waals surface area contributed by atoms with Gasteiger partial charge in [0.25, 0.3) is 0 Å². The van der Waals surface area contributed by atoms with Gasteiger partial charge in [-0.05, 0) is 49.0 Å². The van der Waals surface area contributed by atoms with Crippen molar-refractivity contribution in [1.82, 2.24) is 0 Å². The lowest BCUT2D eigenvalue weighted by Gasteiger charge is -2.23. The van der Waals surface area contributed by atoms with Crippen LogP contribution in [0.5, 0.6) is 5.75 Å². The molecule has 0 radical (unpaired) electrons. The molecule has 2 rings (SSSR count). The third kappa shape index (κ3) is 3.50. The molecule has 3 heteroatoms. The second kappa shape index (κ2) is 6.42. The quantitative estimate of drug-likeness (QED) is 0.658. The van der Waals surface area contributed by atoms with E-state index in [9.17, 15) is 4.79 Å². The Morgan fingerprint density at radius 3 is 2.25 bits per heavy atom. The number of rotatable bonds is 5. The number of amides is 1. The van der Waals surface area contributed by atoms with Gasteiger partial charge in [0.05, 0.1) is 6.10 Å². The topological polar surface area (TPSA) is 52.3 Å². The normalized spacial score (nSPS) is 15.6. The highest BCUT2D eigenvalue weighted by Crippen LogP contribution is 2.26. The maximum atomic E-state index is 11.1. The van der Waals surface area contributed by atoms with Crippen molar-refractivity contribution < 1.29 is 9.53 Å². The number of nitrogens with two attached hydrogens (primary N) is 1. The number of benzene rings is 1. The smallest absolute Gasteiger partial charge is 0.248 e. The number of primary amides is 1. The molecule has 3 nitrogen and oxygen atoms in total. The minimum Gasteiger partial charge on any atom is -0.490 e. The summed E-state index contributed by atoms with van der Waals surface area (Å²) in [6, 6.07) is 7.58. The van der Waals surface area contributed by atoms with Gasteiger partial charge in [-0.25, -0.2) is 0 Å². The van der Waals surface area contributed by atoms with E-state index in [2.05, 4.69) is 13.2 Å². The number of carbonyl (C=O) groups excluding carboxylic acids is 1. The Morgan fingerprint density at radius 1 is 1.10 bits per heavy atom. The molecule has 1 aliphatic carbocycles. The van der Waals surface area contributed by atoms with Crippen LogP contribution in [0.25, 0.3) is 5.57 Å². The van der Waals surface area contributed by atoms with E-state index in [1.807, 2.05) is 24.3 Å². The molecule has 0 spiro atoms. The van der Waals surface area contributed by atoms with Gasteiger partial charge in [0.1, 0.15) is 5.75 Å². The lowest BCUT2D eigenvalue weighted by atomic mass is 9.97. The summed E-state index contributed by atoms with van der Waals surface area (Å²) in [5.41, 5.74) is 6.84. The third-order valence-corrected chi connectivity index (χ3v) is 3.72. The summed E-state index contributed by atoms with van der Waals surface area (Å²) in [6.07, 6.45) is 6.40. The lowest BCUT2D eigenvalue weighted by Crippen LogP contribution is -2.19. The first-order chi connectivity index (χ1) is 9.58. The molecule has 0 atom stereocenters. The standard InChI is InChI=1S/C17H21NO2/c1-12(13(2)17(18)19)14-8-10-16(11-9-14)20-15-6-4-3-5-7-15/h8-11,15H,1-7H2,(H2,18,19). The summed E-state index contributed by atoms with van der Waals surface area (Å²) in [6.45, 7) is 7.49. The molecule has 0 heterocycles. The number of ether oxygens (including phenoxy) is 1. The summed E-state index contributed by atoms with van der Waals surface area (Å²) in [5, 5.41) is 0. The summed E-state index contributed by atoms with van der Waals surface area (Å²) in [4.78, 5) is 11.1. The van der Waals surface area contributed by atoms with Gasteiger partial charge < -0.3 is 10.5 Å². The molecule has 2 N–H and O–H groups in total. The lowest BCUT2D eigenvalue weighted by molar-refractivity contribution is -0.114. The first-order valence-electron chi connectivity index (χ1n) is 7.03. The van der Waals surface area contributed by atoms with E-state index in [0.717, 1.165) is 24.2 Å². The number of hydrogen-bond acceptors (Lipinski definition) is 2. The van der Waals surface area contributed by atoms with E-state index < -0.39 is 5.91 Å². The van der Waals surface area contributed by atoms with Crippen LogP contribution < -0.4 is 10.5 Å². The average Bonchev–Trinajstić information content (AvgIpc) is 2.47. The minimum atomic E-state index is -0.544. The average molecular weight is 271 g/mol. The Morgan fingerprint density at radius 2 is 1.70 bits per heavy atom. The van der Waals surface area contributed by atoms with Gasteiger partial charge in [-0.2, -0.15) is 0 Å². The molecule has 0 aliphatic heterocycles. The fraction of sp³-hybridized carbons (Fsp3) is 0.353. The highest BCUT2D eigenvalue weighted by molar-refractivity contribution is 6.07. The maximum Gasteiger partial charge on any atom is 0.248 e. The van der Waals surface area contributed by atoms with Gasteiger partial charge in [-0.1, -0.05) is 31.7 Å². The van der Waals surface area contributed by atoms with E-state index in [1.165, 1.54) is 19.3 Å². The Hall–Kier alpha value is -2.03. The Kier molecular flexibility index (Phi) is 4.61. The first-order valence-corrected chi connectivity index (χ1v) is 7.03. The molecular weight excluding hydrogens is 250 g/mol. The monoisotopic (exact) mass is 271 g/mol. The Labute approximate surface area is 120 Å². The number of hydrogen-bond donors (Lipinski definition) is 1. The highest BCUT2D eigenvalue weighted by atomic mass is 16.5. The predicted octanol–water partition coefficient (Wildman–Crippen LogP) is 3.45. The fourth-order valence-corrected chi connectivity index (χ4v) is 2.43. The van der Waals surface area contributed by atoms with Crippen LogP contribution in [0.3, 0.4) is 0 Å². The van der Waals surface area contributed by atoms with Gasteiger partial charge in [0, 0.05) is 5.57 Å². The van der Waals surface area contributed by atoms with Crippen LogP contribution in [0.4, 0.5) is 0 Å². The zero-order valence-corrected chi connectivity index (χ0v) is 11.7. The Balaban J connectivity index is 2.00. The van der Waals surface area contributed by atoms with Gasteiger partial charge in [0.15, 0.2) is 0 Å². The van der Waals surface area contributed by atoms with Gasteiger partial charge in [-0.15, -0.1) is 0 Å². The van der Waals surface area contributed by atoms with Crippen LogP contribution in [0.15, 0.2) is 43.0 Å². The zero-order chi connectivity index (χ0) is 14.5. The van der Waals surface area contributed by atoms with E-state index in [1.54, 1.807) is 0 Å². The van der Waals surface area contributed by atoms with Crippen molar-refractivity contribution in [3.05, 3.63) is 48.6 Å². The molecule has 1 aromatic rings. The molecule has 0 saturated heterocycles. The van der Waals surface area contributed by atoms with Crippen molar-refractivity contribution in [2.24, 2.45) is 5.73 Å². The van der Waals surface area contributed by atoms with Crippen LogP contribution in [-0.2, 0) is 4.79 Å². The first kappa shape index (κ1) is 14.4. The molecular formula is C17H21NO2. The highest BCUT2D eigenvalue weighted by Gasteiger charge is 2.15. The second-order valence-corrected chi connectivity index (χ2v) is 5.22. The van der Waals surface area contributed by atoms with E-state index in [4.69, 9.17) is 10.5 Å². The van der Waals surface area contributed by atoms with Crippen LogP contribution in [0.1, 0.15) is 37.7 Å². The van der Waals surface area contributed by atoms with Crippen molar-refractivity contribution >= 4 is 11.5 Å². The van der Waals surface area contributed by atoms with Crippen LogP contribution >= 0.6 is 0 Å². The third-order valence-electron chi connectivity index (χ3n) is 3.72. The van der Waals surface area contributed by atoms with Crippen LogP contribution in [0.2, 0.25) is 0 Å². The van der Waals surface area contributed by atoms with Gasteiger partial charge >= 0.3 is 0 Å². The molecule has 0 unspecified atom stereocenters. The Bertz CT molecular complexity index is 510. The maximum absolute atomic E-state index is 11.1. The summed E-state index contributed by atoms with van der Waals surface area (Å²) >= 11 is 0. The fourth-order valence-electron chi connectivity index (χ4n) is 2.43. The SMILES string of the molecule is C=C(C(=C)c1ccc(OC2CCCCC2)cc1)C(N)=O. The molecule has 0 bridgehead atoms. The van der Waals surface area contributed by atoms with Crippen LogP contribution in [-0.4, -0.2) is 12.0 Å². The van der Waals surface area contributed by atoms with Gasteiger partial charge in [-0.3, -0.25) is 4.79 Å². The largest absolute Gasteiger partial charge is 0.490 e. The van der Waals surface area contributed by atoms with Crippen molar-refractivity contribution in [2.75, 3.05) is 0 Å². The van der Waals surface area contributed by atoms with E-state index in [-0.39, 0.29) is 5.57 Å². The van der Waals surface area contributed by atoms with Crippen molar-refractivity contribution in [1.29, 1.82) is 0 Å². The molecule has 0 aromatic heterocycles. The molecule has 1 aliphatic rings. The minimum absolute atomic E-state index is 0.242. The van der Waals surface area contributed by atoms with Crippen molar-refractivity contribution in [2.45, 2.75) is 38.2 Å². The molecule has 1 aromatic carbocycles.